The van der Waals surface area contributed by atoms with E-state index in [-0.39, 0.29) is 5.41 Å². The van der Waals surface area contributed by atoms with E-state index in [1.54, 1.807) is 7.11 Å². The van der Waals surface area contributed by atoms with E-state index in [4.69, 9.17) is 4.74 Å². The molecule has 0 aliphatic rings. The average Bonchev–Trinajstić information content (AvgIpc) is 2.36. The van der Waals surface area contributed by atoms with Gasteiger partial charge in [-0.05, 0) is 37.2 Å². The van der Waals surface area contributed by atoms with Crippen LogP contribution in [0.15, 0.2) is 24.3 Å². The summed E-state index contributed by atoms with van der Waals surface area (Å²) >= 11 is 0. The van der Waals surface area contributed by atoms with Crippen LogP contribution in [0.2, 0.25) is 0 Å². The molecule has 0 saturated heterocycles. The molecule has 0 radical (unpaired) electrons. The van der Waals surface area contributed by atoms with Gasteiger partial charge in [0.15, 0.2) is 0 Å². The molecule has 0 fully saturated rings. The number of methoxy groups -OCH3 is 1. The van der Waals surface area contributed by atoms with Crippen LogP contribution >= 0.6 is 0 Å². The summed E-state index contributed by atoms with van der Waals surface area (Å²) in [5.41, 5.74) is 1.06. The van der Waals surface area contributed by atoms with Crippen molar-refractivity contribution in [2.24, 2.45) is 5.41 Å². The maximum atomic E-state index is 10.2. The van der Waals surface area contributed by atoms with Crippen molar-refractivity contribution in [1.82, 2.24) is 10.2 Å². The number of hydrogen-bond donors (Lipinski definition) is 2. The highest BCUT2D eigenvalue weighted by Crippen LogP contribution is 2.19. The molecular formula is C16H28N2O2. The summed E-state index contributed by atoms with van der Waals surface area (Å²) in [6.07, 6.45) is -0.514. The fourth-order valence-electron chi connectivity index (χ4n) is 2.43. The molecule has 1 aromatic rings. The average molecular weight is 280 g/mol. The van der Waals surface area contributed by atoms with E-state index in [0.29, 0.717) is 6.54 Å². The fraction of sp³-hybridized carbons (Fsp3) is 0.625. The van der Waals surface area contributed by atoms with Crippen molar-refractivity contribution in [2.75, 3.05) is 40.8 Å². The van der Waals surface area contributed by atoms with Crippen LogP contribution in [0.4, 0.5) is 0 Å². The minimum Gasteiger partial charge on any atom is -0.497 e. The van der Waals surface area contributed by atoms with E-state index in [0.717, 1.165) is 24.4 Å². The maximum absolute atomic E-state index is 10.2. The molecule has 0 aliphatic heterocycles. The van der Waals surface area contributed by atoms with Gasteiger partial charge in [0, 0.05) is 19.6 Å². The first kappa shape index (κ1) is 17.0. The molecule has 4 nitrogen and oxygen atoms in total. The normalized spacial score (nSPS) is 13.6. The van der Waals surface area contributed by atoms with Gasteiger partial charge in [-0.1, -0.05) is 26.0 Å². The van der Waals surface area contributed by atoms with E-state index in [1.807, 2.05) is 24.3 Å². The summed E-state index contributed by atoms with van der Waals surface area (Å²) in [4.78, 5) is 2.18. The highest BCUT2D eigenvalue weighted by Gasteiger charge is 2.19. The Morgan fingerprint density at radius 3 is 2.65 bits per heavy atom. The molecule has 1 aromatic carbocycles. The van der Waals surface area contributed by atoms with Gasteiger partial charge in [-0.3, -0.25) is 0 Å². The number of ether oxygens (including phenoxy) is 1. The van der Waals surface area contributed by atoms with E-state index >= 15 is 0 Å². The molecule has 1 atom stereocenters. The minimum absolute atomic E-state index is 0.178. The molecule has 0 saturated carbocycles. The van der Waals surface area contributed by atoms with Crippen LogP contribution in [0.3, 0.4) is 0 Å². The third-order valence-corrected chi connectivity index (χ3v) is 3.16. The molecule has 0 amide bonds. The van der Waals surface area contributed by atoms with Crippen LogP contribution < -0.4 is 10.1 Å². The van der Waals surface area contributed by atoms with Crippen LogP contribution in [-0.4, -0.2) is 50.8 Å². The number of nitrogens with one attached hydrogen (secondary N) is 1. The van der Waals surface area contributed by atoms with Crippen LogP contribution in [-0.2, 0) is 0 Å². The number of hydrogen-bond acceptors (Lipinski definition) is 4. The van der Waals surface area contributed by atoms with E-state index in [2.05, 4.69) is 38.2 Å². The summed E-state index contributed by atoms with van der Waals surface area (Å²) in [5.74, 6) is 0.773. The molecule has 1 unspecified atom stereocenters. The van der Waals surface area contributed by atoms with Gasteiger partial charge in [-0.25, -0.2) is 0 Å². The Morgan fingerprint density at radius 2 is 2.05 bits per heavy atom. The first-order valence-electron chi connectivity index (χ1n) is 7.01. The van der Waals surface area contributed by atoms with Crippen LogP contribution in [0.1, 0.15) is 25.5 Å². The molecular weight excluding hydrogens is 252 g/mol. The Hall–Kier alpha value is -1.10. The standard InChI is InChI=1S/C16H28N2O2/c1-16(2,12-18(3)4)11-17-10-15(19)13-7-6-8-14(9-13)20-5/h6-9,15,17,19H,10-12H2,1-5H3. The van der Waals surface area contributed by atoms with Gasteiger partial charge < -0.3 is 20.1 Å². The van der Waals surface area contributed by atoms with Gasteiger partial charge in [-0.15, -0.1) is 0 Å². The van der Waals surface area contributed by atoms with Gasteiger partial charge in [0.1, 0.15) is 5.75 Å². The highest BCUT2D eigenvalue weighted by molar-refractivity contribution is 5.29. The van der Waals surface area contributed by atoms with Gasteiger partial charge in [0.2, 0.25) is 0 Å². The topological polar surface area (TPSA) is 44.7 Å². The summed E-state index contributed by atoms with van der Waals surface area (Å²) in [6, 6.07) is 7.56. The monoisotopic (exact) mass is 280 g/mol. The quantitative estimate of drug-likeness (QED) is 0.763. The van der Waals surface area contributed by atoms with E-state index < -0.39 is 6.10 Å². The van der Waals surface area contributed by atoms with E-state index in [9.17, 15) is 5.11 Å². The Balaban J connectivity index is 2.45. The van der Waals surface area contributed by atoms with Gasteiger partial charge in [0.05, 0.1) is 13.2 Å². The molecule has 20 heavy (non-hydrogen) atoms. The lowest BCUT2D eigenvalue weighted by atomic mass is 9.93. The molecule has 114 valence electrons. The van der Waals surface area contributed by atoms with Crippen molar-refractivity contribution in [1.29, 1.82) is 0 Å². The SMILES string of the molecule is COc1cccc(C(O)CNCC(C)(C)CN(C)C)c1. The Morgan fingerprint density at radius 1 is 1.35 bits per heavy atom. The second kappa shape index (κ2) is 7.62. The molecule has 4 heteroatoms. The highest BCUT2D eigenvalue weighted by atomic mass is 16.5. The Kier molecular flexibility index (Phi) is 6.46. The molecule has 0 spiro atoms. The van der Waals surface area contributed by atoms with Gasteiger partial charge in [0.25, 0.3) is 0 Å². The first-order valence-corrected chi connectivity index (χ1v) is 7.01. The largest absolute Gasteiger partial charge is 0.497 e. The lowest BCUT2D eigenvalue weighted by Crippen LogP contribution is -2.38. The predicted molar refractivity (Wildman–Crippen MR) is 83.2 cm³/mol. The third kappa shape index (κ3) is 5.90. The maximum Gasteiger partial charge on any atom is 0.119 e. The minimum atomic E-state index is -0.514. The van der Waals surface area contributed by atoms with Crippen LogP contribution in [0.25, 0.3) is 0 Å². The Bertz CT molecular complexity index is 405. The zero-order chi connectivity index (χ0) is 15.2. The first-order chi connectivity index (χ1) is 9.34. The summed E-state index contributed by atoms with van der Waals surface area (Å²) in [6.45, 7) is 6.86. The van der Waals surface area contributed by atoms with Crippen molar-refractivity contribution >= 4 is 0 Å². The van der Waals surface area contributed by atoms with Crippen molar-refractivity contribution in [3.05, 3.63) is 29.8 Å². The van der Waals surface area contributed by atoms with Crippen LogP contribution in [0, 0.1) is 5.41 Å². The Labute approximate surface area is 122 Å². The molecule has 0 heterocycles. The van der Waals surface area contributed by atoms with Crippen molar-refractivity contribution in [3.8, 4) is 5.75 Å². The fourth-order valence-corrected chi connectivity index (χ4v) is 2.43. The molecule has 0 bridgehead atoms. The van der Waals surface area contributed by atoms with Gasteiger partial charge >= 0.3 is 0 Å². The lowest BCUT2D eigenvalue weighted by molar-refractivity contribution is 0.162. The summed E-state index contributed by atoms with van der Waals surface area (Å²) in [5, 5.41) is 13.5. The number of nitrogens with zero attached hydrogens (tertiary/aromatic N) is 1. The van der Waals surface area contributed by atoms with Crippen molar-refractivity contribution < 1.29 is 9.84 Å². The predicted octanol–water partition coefficient (Wildman–Crippen LogP) is 1.91. The number of rotatable bonds is 8. The van der Waals surface area contributed by atoms with Crippen LogP contribution in [0.5, 0.6) is 5.75 Å². The summed E-state index contributed by atoms with van der Waals surface area (Å²) in [7, 11) is 5.78. The summed E-state index contributed by atoms with van der Waals surface area (Å²) < 4.78 is 5.17. The zero-order valence-electron chi connectivity index (χ0n) is 13.3. The van der Waals surface area contributed by atoms with Crippen molar-refractivity contribution in [3.63, 3.8) is 0 Å². The van der Waals surface area contributed by atoms with E-state index in [1.165, 1.54) is 0 Å². The molecule has 2 N–H and O–H groups in total. The molecule has 0 aliphatic carbocycles. The third-order valence-electron chi connectivity index (χ3n) is 3.16. The number of aliphatic hydroxyl groups excluding tert-OH is 1. The molecule has 1 rings (SSSR count). The molecule has 0 aromatic heterocycles. The van der Waals surface area contributed by atoms with Gasteiger partial charge in [-0.2, -0.15) is 0 Å². The zero-order valence-corrected chi connectivity index (χ0v) is 13.3. The number of benzene rings is 1. The lowest BCUT2D eigenvalue weighted by Gasteiger charge is -2.29. The number of aliphatic hydroxyl groups is 1. The van der Waals surface area contributed by atoms with Crippen molar-refractivity contribution in [2.45, 2.75) is 20.0 Å². The smallest absolute Gasteiger partial charge is 0.119 e. The second-order valence-corrected chi connectivity index (χ2v) is 6.33. The second-order valence-electron chi connectivity index (χ2n) is 6.33.